The van der Waals surface area contributed by atoms with Gasteiger partial charge in [-0.05, 0) is 52.9 Å². The van der Waals surface area contributed by atoms with E-state index in [1.54, 1.807) is 0 Å². The van der Waals surface area contributed by atoms with Crippen LogP contribution in [0.15, 0.2) is 97.1 Å². The van der Waals surface area contributed by atoms with Gasteiger partial charge in [0.1, 0.15) is 0 Å². The fourth-order valence-corrected chi connectivity index (χ4v) is 4.29. The number of halogens is 1. The van der Waals surface area contributed by atoms with E-state index in [4.69, 9.17) is 11.6 Å². The third kappa shape index (κ3) is 5.95. The maximum atomic E-state index is 6.17. The van der Waals surface area contributed by atoms with Gasteiger partial charge in [-0.1, -0.05) is 96.5 Å². The number of hydrogen-bond acceptors (Lipinski definition) is 2. The summed E-state index contributed by atoms with van der Waals surface area (Å²) in [6, 6.07) is 34.5. The Bertz CT molecular complexity index is 1100. The lowest BCUT2D eigenvalue weighted by Crippen LogP contribution is -2.40. The monoisotopic (exact) mass is 428 g/mol. The largest absolute Gasteiger partial charge is 0.309 e. The summed E-state index contributed by atoms with van der Waals surface area (Å²) >= 11 is 6.17. The van der Waals surface area contributed by atoms with Crippen LogP contribution in [0.5, 0.6) is 0 Å². The maximum absolute atomic E-state index is 6.17. The normalized spacial score (nSPS) is 13.2. The van der Waals surface area contributed by atoms with Crippen LogP contribution in [0.3, 0.4) is 0 Å². The van der Waals surface area contributed by atoms with Gasteiger partial charge in [0.15, 0.2) is 0 Å². The first-order valence-electron chi connectivity index (χ1n) is 10.9. The van der Waals surface area contributed by atoms with Gasteiger partial charge in [0, 0.05) is 30.2 Å². The Hall–Kier alpha value is -2.65. The fraction of sp³-hybridized carbons (Fsp3) is 0.214. The SMILES string of the molecule is CC(NCC(Cc1ccccc1)NCc1cccc(Cl)c1)c1cccc2ccccc12. The van der Waals surface area contributed by atoms with Crippen molar-refractivity contribution in [2.75, 3.05) is 6.54 Å². The number of hydrogen-bond donors (Lipinski definition) is 2. The summed E-state index contributed by atoms with van der Waals surface area (Å²) in [5.74, 6) is 0. The van der Waals surface area contributed by atoms with Gasteiger partial charge in [0.25, 0.3) is 0 Å². The van der Waals surface area contributed by atoms with Crippen molar-refractivity contribution in [3.05, 3.63) is 119 Å². The van der Waals surface area contributed by atoms with Gasteiger partial charge < -0.3 is 10.6 Å². The molecule has 4 rings (SSSR count). The van der Waals surface area contributed by atoms with Gasteiger partial charge in [-0.25, -0.2) is 0 Å². The topological polar surface area (TPSA) is 24.1 Å². The molecule has 0 bridgehead atoms. The highest BCUT2D eigenvalue weighted by molar-refractivity contribution is 6.30. The molecule has 0 saturated heterocycles. The lowest BCUT2D eigenvalue weighted by molar-refractivity contribution is 0.443. The van der Waals surface area contributed by atoms with Crippen molar-refractivity contribution >= 4 is 22.4 Å². The number of benzene rings is 4. The van der Waals surface area contributed by atoms with E-state index in [0.29, 0.717) is 6.04 Å². The van der Waals surface area contributed by atoms with E-state index in [0.717, 1.165) is 24.5 Å². The molecule has 3 heteroatoms. The molecule has 2 N–H and O–H groups in total. The fourth-order valence-electron chi connectivity index (χ4n) is 4.08. The molecule has 0 aliphatic carbocycles. The predicted octanol–water partition coefficient (Wildman–Crippen LogP) is 6.54. The molecule has 0 saturated carbocycles. The van der Waals surface area contributed by atoms with Crippen molar-refractivity contribution in [2.24, 2.45) is 0 Å². The summed E-state index contributed by atoms with van der Waals surface area (Å²) in [5, 5.41) is 10.9. The van der Waals surface area contributed by atoms with E-state index in [-0.39, 0.29) is 6.04 Å². The Morgan fingerprint density at radius 2 is 1.45 bits per heavy atom. The molecule has 0 aromatic heterocycles. The average Bonchev–Trinajstić information content (AvgIpc) is 2.81. The first kappa shape index (κ1) is 21.6. The van der Waals surface area contributed by atoms with Crippen LogP contribution in [0.25, 0.3) is 10.8 Å². The Kier molecular flexibility index (Phi) is 7.37. The molecule has 158 valence electrons. The molecular weight excluding hydrogens is 400 g/mol. The minimum absolute atomic E-state index is 0.261. The molecule has 0 radical (unpaired) electrons. The molecule has 0 aliphatic heterocycles. The number of fused-ring (bicyclic) bond motifs is 1. The highest BCUT2D eigenvalue weighted by atomic mass is 35.5. The van der Waals surface area contributed by atoms with Crippen molar-refractivity contribution in [3.8, 4) is 0 Å². The van der Waals surface area contributed by atoms with E-state index in [1.807, 2.05) is 18.2 Å². The Labute approximate surface area is 190 Å². The Morgan fingerprint density at radius 3 is 2.29 bits per heavy atom. The summed E-state index contributed by atoms with van der Waals surface area (Å²) in [7, 11) is 0. The van der Waals surface area contributed by atoms with E-state index in [1.165, 1.54) is 27.5 Å². The molecular formula is C28H29ClN2. The molecule has 4 aromatic carbocycles. The van der Waals surface area contributed by atoms with Crippen molar-refractivity contribution in [3.63, 3.8) is 0 Å². The predicted molar refractivity (Wildman–Crippen MR) is 133 cm³/mol. The van der Waals surface area contributed by atoms with E-state index < -0.39 is 0 Å². The van der Waals surface area contributed by atoms with Crippen molar-refractivity contribution < 1.29 is 0 Å². The second kappa shape index (κ2) is 10.6. The van der Waals surface area contributed by atoms with Crippen LogP contribution >= 0.6 is 11.6 Å². The van der Waals surface area contributed by atoms with Gasteiger partial charge >= 0.3 is 0 Å². The van der Waals surface area contributed by atoms with Gasteiger partial charge in [-0.15, -0.1) is 0 Å². The summed E-state index contributed by atoms with van der Waals surface area (Å²) in [5.41, 5.74) is 3.88. The highest BCUT2D eigenvalue weighted by Gasteiger charge is 2.14. The summed E-state index contributed by atoms with van der Waals surface area (Å²) < 4.78 is 0. The van der Waals surface area contributed by atoms with Crippen molar-refractivity contribution in [1.82, 2.24) is 10.6 Å². The second-order valence-corrected chi connectivity index (χ2v) is 8.53. The van der Waals surface area contributed by atoms with Crippen LogP contribution in [-0.2, 0) is 13.0 Å². The zero-order chi connectivity index (χ0) is 21.5. The van der Waals surface area contributed by atoms with Crippen LogP contribution in [0, 0.1) is 0 Å². The molecule has 2 atom stereocenters. The van der Waals surface area contributed by atoms with Crippen LogP contribution in [0.4, 0.5) is 0 Å². The molecule has 0 heterocycles. The lowest BCUT2D eigenvalue weighted by atomic mass is 9.99. The summed E-state index contributed by atoms with van der Waals surface area (Å²) in [4.78, 5) is 0. The first-order chi connectivity index (χ1) is 15.2. The molecule has 0 amide bonds. The average molecular weight is 429 g/mol. The van der Waals surface area contributed by atoms with E-state index >= 15 is 0 Å². The first-order valence-corrected chi connectivity index (χ1v) is 11.3. The third-order valence-electron chi connectivity index (χ3n) is 5.77. The van der Waals surface area contributed by atoms with E-state index in [2.05, 4.69) is 96.4 Å². The van der Waals surface area contributed by atoms with Crippen LogP contribution in [0.2, 0.25) is 5.02 Å². The quantitative estimate of drug-likeness (QED) is 0.316. The smallest absolute Gasteiger partial charge is 0.0409 e. The molecule has 31 heavy (non-hydrogen) atoms. The molecule has 0 spiro atoms. The number of nitrogens with one attached hydrogen (secondary N) is 2. The van der Waals surface area contributed by atoms with Gasteiger partial charge in [-0.3, -0.25) is 0 Å². The molecule has 2 unspecified atom stereocenters. The maximum Gasteiger partial charge on any atom is 0.0409 e. The van der Waals surface area contributed by atoms with Gasteiger partial charge in [0.05, 0.1) is 0 Å². The Balaban J connectivity index is 1.45. The standard InChI is InChI=1S/C28H29ClN2/c1-21(27-16-8-13-24-12-5-6-15-28(24)27)30-20-26(18-22-9-3-2-4-10-22)31-19-23-11-7-14-25(29)17-23/h2-17,21,26,30-31H,18-20H2,1H3. The molecule has 4 aromatic rings. The van der Waals surface area contributed by atoms with Crippen molar-refractivity contribution in [1.29, 1.82) is 0 Å². The highest BCUT2D eigenvalue weighted by Crippen LogP contribution is 2.24. The van der Waals surface area contributed by atoms with Gasteiger partial charge in [-0.2, -0.15) is 0 Å². The zero-order valence-corrected chi connectivity index (χ0v) is 18.6. The summed E-state index contributed by atoms with van der Waals surface area (Å²) in [6.45, 7) is 3.92. The minimum atomic E-state index is 0.261. The minimum Gasteiger partial charge on any atom is -0.309 e. The van der Waals surface area contributed by atoms with Crippen molar-refractivity contribution in [2.45, 2.75) is 32.0 Å². The van der Waals surface area contributed by atoms with E-state index in [9.17, 15) is 0 Å². The second-order valence-electron chi connectivity index (χ2n) is 8.10. The van der Waals surface area contributed by atoms with Crippen LogP contribution in [0.1, 0.15) is 29.7 Å². The molecule has 0 aliphatic rings. The summed E-state index contributed by atoms with van der Waals surface area (Å²) in [6.07, 6.45) is 0.969. The molecule has 2 nitrogen and oxygen atoms in total. The van der Waals surface area contributed by atoms with Crippen LogP contribution in [-0.4, -0.2) is 12.6 Å². The molecule has 0 fully saturated rings. The third-order valence-corrected chi connectivity index (χ3v) is 6.00. The van der Waals surface area contributed by atoms with Crippen LogP contribution < -0.4 is 10.6 Å². The number of rotatable bonds is 9. The van der Waals surface area contributed by atoms with Gasteiger partial charge in [0.2, 0.25) is 0 Å². The zero-order valence-electron chi connectivity index (χ0n) is 17.9. The lowest BCUT2D eigenvalue weighted by Gasteiger charge is -2.23. The Morgan fingerprint density at radius 1 is 0.742 bits per heavy atom.